The van der Waals surface area contributed by atoms with Crippen LogP contribution >= 0.6 is 0 Å². The normalized spacial score (nSPS) is 12.3. The number of ether oxygens (including phenoxy) is 2. The SMILES string of the molecule is COC(=O)/C(=C/c1c[nH]c2cccnc12)C(=O)OC(C)(C)C. The zero-order chi connectivity index (χ0) is 16.3. The minimum absolute atomic E-state index is 0.177. The van der Waals surface area contributed by atoms with Gasteiger partial charge in [0.1, 0.15) is 11.2 Å². The molecule has 6 heteroatoms. The number of esters is 2. The minimum Gasteiger partial charge on any atom is -0.465 e. The lowest BCUT2D eigenvalue weighted by atomic mass is 10.1. The molecule has 0 saturated carbocycles. The fourth-order valence-electron chi connectivity index (χ4n) is 1.89. The average Bonchev–Trinajstić information content (AvgIpc) is 2.85. The summed E-state index contributed by atoms with van der Waals surface area (Å²) in [5.41, 5.74) is 1.20. The van der Waals surface area contributed by atoms with E-state index < -0.39 is 17.5 Å². The third-order valence-electron chi connectivity index (χ3n) is 2.79. The van der Waals surface area contributed by atoms with Gasteiger partial charge in [0.25, 0.3) is 0 Å². The molecule has 0 bridgehead atoms. The van der Waals surface area contributed by atoms with E-state index in [1.165, 1.54) is 13.2 Å². The third-order valence-corrected chi connectivity index (χ3v) is 2.79. The molecular weight excluding hydrogens is 284 g/mol. The summed E-state index contributed by atoms with van der Waals surface area (Å²) in [5.74, 6) is -1.48. The van der Waals surface area contributed by atoms with Crippen LogP contribution in [0.4, 0.5) is 0 Å². The Labute approximate surface area is 128 Å². The minimum atomic E-state index is -0.750. The number of methoxy groups -OCH3 is 1. The number of carbonyl (C=O) groups excluding carboxylic acids is 2. The summed E-state index contributed by atoms with van der Waals surface area (Å²) in [6, 6.07) is 3.65. The van der Waals surface area contributed by atoms with Crippen LogP contribution in [0.15, 0.2) is 30.1 Å². The number of pyridine rings is 1. The molecular formula is C16H18N2O4. The number of aromatic amines is 1. The predicted octanol–water partition coefficient (Wildman–Crippen LogP) is 2.46. The highest BCUT2D eigenvalue weighted by atomic mass is 16.6. The van der Waals surface area contributed by atoms with Crippen molar-refractivity contribution in [1.82, 2.24) is 9.97 Å². The molecule has 0 aliphatic rings. The molecule has 0 saturated heterocycles. The Balaban J connectivity index is 2.45. The first-order chi connectivity index (χ1) is 10.3. The van der Waals surface area contributed by atoms with Crippen molar-refractivity contribution in [3.8, 4) is 0 Å². The molecule has 0 aromatic carbocycles. The summed E-state index contributed by atoms with van der Waals surface area (Å²) in [7, 11) is 1.22. The molecule has 1 N–H and O–H groups in total. The number of aromatic nitrogens is 2. The number of nitrogens with one attached hydrogen (secondary N) is 1. The molecule has 0 unspecified atom stereocenters. The standard InChI is InChI=1S/C16H18N2O4/c1-16(2,3)22-15(20)11(14(19)21-4)8-10-9-18-12-6-5-7-17-13(10)12/h5-9,18H,1-4H3/b11-8-. The van der Waals surface area contributed by atoms with Crippen molar-refractivity contribution in [1.29, 1.82) is 0 Å². The maximum absolute atomic E-state index is 12.2. The summed E-state index contributed by atoms with van der Waals surface area (Å²) in [4.78, 5) is 31.3. The van der Waals surface area contributed by atoms with Crippen LogP contribution in [0.25, 0.3) is 17.1 Å². The van der Waals surface area contributed by atoms with E-state index in [-0.39, 0.29) is 5.57 Å². The van der Waals surface area contributed by atoms with Gasteiger partial charge in [0, 0.05) is 18.0 Å². The van der Waals surface area contributed by atoms with Crippen LogP contribution < -0.4 is 0 Å². The topological polar surface area (TPSA) is 81.3 Å². The van der Waals surface area contributed by atoms with Gasteiger partial charge < -0.3 is 14.5 Å². The number of fused-ring (bicyclic) bond motifs is 1. The van der Waals surface area contributed by atoms with Crippen molar-refractivity contribution in [2.45, 2.75) is 26.4 Å². The largest absolute Gasteiger partial charge is 0.465 e. The quantitative estimate of drug-likeness (QED) is 0.407. The van der Waals surface area contributed by atoms with Gasteiger partial charge in [-0.1, -0.05) is 0 Å². The van der Waals surface area contributed by atoms with Crippen molar-refractivity contribution < 1.29 is 19.1 Å². The van der Waals surface area contributed by atoms with E-state index in [2.05, 4.69) is 14.7 Å². The van der Waals surface area contributed by atoms with Gasteiger partial charge in [-0.3, -0.25) is 4.98 Å². The van der Waals surface area contributed by atoms with Crippen LogP contribution in [0.5, 0.6) is 0 Å². The van der Waals surface area contributed by atoms with Crippen LogP contribution in [0.3, 0.4) is 0 Å². The summed E-state index contributed by atoms with van der Waals surface area (Å²) in [6.07, 6.45) is 4.73. The summed E-state index contributed by atoms with van der Waals surface area (Å²) >= 11 is 0. The zero-order valence-electron chi connectivity index (χ0n) is 13.0. The molecule has 6 nitrogen and oxygen atoms in total. The van der Waals surface area contributed by atoms with Crippen LogP contribution in [-0.2, 0) is 19.1 Å². The Morgan fingerprint density at radius 2 is 2.00 bits per heavy atom. The molecule has 2 heterocycles. The third kappa shape index (κ3) is 3.52. The lowest BCUT2D eigenvalue weighted by molar-refractivity contribution is -0.153. The molecule has 0 atom stereocenters. The van der Waals surface area contributed by atoms with Crippen molar-refractivity contribution in [2.75, 3.05) is 7.11 Å². The number of H-pyrrole nitrogens is 1. The Morgan fingerprint density at radius 1 is 1.27 bits per heavy atom. The van der Waals surface area contributed by atoms with Crippen molar-refractivity contribution in [3.63, 3.8) is 0 Å². The van der Waals surface area contributed by atoms with E-state index in [1.54, 1.807) is 39.2 Å². The first-order valence-corrected chi connectivity index (χ1v) is 6.77. The number of carbonyl (C=O) groups is 2. The van der Waals surface area contributed by atoms with Gasteiger partial charge in [0.05, 0.1) is 18.1 Å². The van der Waals surface area contributed by atoms with Gasteiger partial charge in [0.2, 0.25) is 0 Å². The molecule has 0 radical (unpaired) electrons. The first-order valence-electron chi connectivity index (χ1n) is 6.77. The Morgan fingerprint density at radius 3 is 2.64 bits per heavy atom. The van der Waals surface area contributed by atoms with E-state index in [0.717, 1.165) is 5.52 Å². The zero-order valence-corrected chi connectivity index (χ0v) is 13.0. The number of hydrogen-bond donors (Lipinski definition) is 1. The predicted molar refractivity (Wildman–Crippen MR) is 81.9 cm³/mol. The lowest BCUT2D eigenvalue weighted by Gasteiger charge is -2.19. The van der Waals surface area contributed by atoms with E-state index >= 15 is 0 Å². The van der Waals surface area contributed by atoms with Gasteiger partial charge in [0.15, 0.2) is 0 Å². The number of rotatable bonds is 3. The van der Waals surface area contributed by atoms with Gasteiger partial charge in [-0.25, -0.2) is 9.59 Å². The highest BCUT2D eigenvalue weighted by Gasteiger charge is 2.26. The highest BCUT2D eigenvalue weighted by molar-refractivity contribution is 6.18. The Kier molecular flexibility index (Phi) is 4.30. The Hall–Kier alpha value is -2.63. The van der Waals surface area contributed by atoms with Crippen molar-refractivity contribution in [2.24, 2.45) is 0 Å². The van der Waals surface area contributed by atoms with Crippen molar-refractivity contribution >= 4 is 29.0 Å². The van der Waals surface area contributed by atoms with Crippen LogP contribution in [0.2, 0.25) is 0 Å². The van der Waals surface area contributed by atoms with Gasteiger partial charge >= 0.3 is 11.9 Å². The lowest BCUT2D eigenvalue weighted by Crippen LogP contribution is -2.27. The van der Waals surface area contributed by atoms with Crippen LogP contribution in [0.1, 0.15) is 26.3 Å². The number of nitrogens with zero attached hydrogens (tertiary/aromatic N) is 1. The van der Waals surface area contributed by atoms with Gasteiger partial charge in [-0.2, -0.15) is 0 Å². The molecule has 2 aromatic heterocycles. The van der Waals surface area contributed by atoms with Crippen LogP contribution in [-0.4, -0.2) is 34.6 Å². The second-order valence-electron chi connectivity index (χ2n) is 5.70. The summed E-state index contributed by atoms with van der Waals surface area (Å²) < 4.78 is 9.92. The maximum Gasteiger partial charge on any atom is 0.346 e. The molecule has 0 amide bonds. The fourth-order valence-corrected chi connectivity index (χ4v) is 1.89. The molecule has 0 fully saturated rings. The van der Waals surface area contributed by atoms with E-state index in [4.69, 9.17) is 4.74 Å². The van der Waals surface area contributed by atoms with E-state index in [0.29, 0.717) is 11.1 Å². The van der Waals surface area contributed by atoms with Crippen LogP contribution in [0, 0.1) is 0 Å². The molecule has 0 aliphatic heterocycles. The van der Waals surface area contributed by atoms with Gasteiger partial charge in [-0.15, -0.1) is 0 Å². The summed E-state index contributed by atoms with van der Waals surface area (Å²) in [6.45, 7) is 5.19. The maximum atomic E-state index is 12.2. The second-order valence-corrected chi connectivity index (χ2v) is 5.70. The van der Waals surface area contributed by atoms with E-state index in [9.17, 15) is 9.59 Å². The molecule has 0 aliphatic carbocycles. The Bertz CT molecular complexity index is 738. The van der Waals surface area contributed by atoms with Crippen molar-refractivity contribution in [3.05, 3.63) is 35.7 Å². The molecule has 0 spiro atoms. The average molecular weight is 302 g/mol. The highest BCUT2D eigenvalue weighted by Crippen LogP contribution is 2.20. The molecule has 2 aromatic rings. The molecule has 22 heavy (non-hydrogen) atoms. The molecule has 2 rings (SSSR count). The number of hydrogen-bond acceptors (Lipinski definition) is 5. The van der Waals surface area contributed by atoms with E-state index in [1.807, 2.05) is 6.07 Å². The van der Waals surface area contributed by atoms with Gasteiger partial charge in [-0.05, 0) is 39.0 Å². The molecule has 116 valence electrons. The summed E-state index contributed by atoms with van der Waals surface area (Å²) in [5, 5.41) is 0. The first kappa shape index (κ1) is 15.8. The smallest absolute Gasteiger partial charge is 0.346 e. The monoisotopic (exact) mass is 302 g/mol. The fraction of sp³-hybridized carbons (Fsp3) is 0.312. The second kappa shape index (κ2) is 6.01.